The van der Waals surface area contributed by atoms with E-state index in [2.05, 4.69) is 15.0 Å². The average molecular weight is 338 g/mol. The van der Waals surface area contributed by atoms with Crippen molar-refractivity contribution in [3.8, 4) is 5.75 Å². The van der Waals surface area contributed by atoms with Gasteiger partial charge in [-0.15, -0.1) is 5.10 Å². The highest BCUT2D eigenvalue weighted by atomic mass is 35.5. The number of benzene rings is 1. The summed E-state index contributed by atoms with van der Waals surface area (Å²) < 4.78 is 17.6. The maximum atomic E-state index is 11.6. The number of hydrogen-bond donors (Lipinski definition) is 0. The zero-order valence-electron chi connectivity index (χ0n) is 12.8. The van der Waals surface area contributed by atoms with Crippen LogP contribution in [0, 0.1) is 0 Å². The number of aromatic nitrogens is 3. The van der Waals surface area contributed by atoms with Crippen molar-refractivity contribution in [1.29, 1.82) is 0 Å². The Hall–Kier alpha value is -2.12. The van der Waals surface area contributed by atoms with Crippen molar-refractivity contribution in [2.24, 2.45) is 0 Å². The van der Waals surface area contributed by atoms with E-state index in [0.717, 1.165) is 5.56 Å². The van der Waals surface area contributed by atoms with Crippen LogP contribution in [0.1, 0.15) is 34.8 Å². The molecule has 0 N–H and O–H groups in total. The highest BCUT2D eigenvalue weighted by Crippen LogP contribution is 2.32. The number of halogens is 1. The van der Waals surface area contributed by atoms with E-state index in [1.807, 2.05) is 25.1 Å². The first-order valence-corrected chi connectivity index (χ1v) is 7.56. The number of fused-ring (bicyclic) bond motifs is 1. The molecule has 7 nitrogen and oxygen atoms in total. The van der Waals surface area contributed by atoms with Crippen molar-refractivity contribution >= 4 is 17.6 Å². The van der Waals surface area contributed by atoms with E-state index in [4.69, 9.17) is 21.1 Å². The smallest absolute Gasteiger partial charge is 0.360 e. The second-order valence-corrected chi connectivity index (χ2v) is 5.39. The molecule has 2 aromatic rings. The van der Waals surface area contributed by atoms with Crippen molar-refractivity contribution in [1.82, 2.24) is 15.0 Å². The third kappa shape index (κ3) is 3.02. The van der Waals surface area contributed by atoms with Crippen LogP contribution >= 0.6 is 11.6 Å². The van der Waals surface area contributed by atoms with Crippen LogP contribution in [0.5, 0.6) is 5.75 Å². The van der Waals surface area contributed by atoms with Gasteiger partial charge in [-0.1, -0.05) is 22.9 Å². The third-order valence-corrected chi connectivity index (χ3v) is 3.90. The van der Waals surface area contributed by atoms with Crippen LogP contribution < -0.4 is 4.74 Å². The molecule has 1 atom stereocenters. The molecular formula is C15H16ClN3O4. The van der Waals surface area contributed by atoms with Gasteiger partial charge in [0.1, 0.15) is 11.9 Å². The summed E-state index contributed by atoms with van der Waals surface area (Å²) in [6, 6.07) is 5.55. The van der Waals surface area contributed by atoms with Gasteiger partial charge >= 0.3 is 5.97 Å². The predicted molar refractivity (Wildman–Crippen MR) is 81.5 cm³/mol. The number of nitrogens with zero attached hydrogens (tertiary/aromatic N) is 3. The Kier molecular flexibility index (Phi) is 4.49. The first kappa shape index (κ1) is 15.8. The molecule has 23 heavy (non-hydrogen) atoms. The molecule has 0 saturated heterocycles. The van der Waals surface area contributed by atoms with Gasteiger partial charge in [-0.2, -0.15) is 0 Å². The first-order chi connectivity index (χ1) is 11.1. The van der Waals surface area contributed by atoms with Crippen LogP contribution in [-0.2, 0) is 22.6 Å². The quantitative estimate of drug-likeness (QED) is 0.797. The standard InChI is InChI=1S/C15H16ClN3O4/c1-3-22-12-5-4-9(6-10(12)16)13-7-19-11(8-23-13)14(17-18-19)15(20)21-2/h4-6,13H,3,7-8H2,1-2H3/t13-/m1/s1. The maximum Gasteiger partial charge on any atom is 0.360 e. The van der Waals surface area contributed by atoms with Crippen LogP contribution in [0.15, 0.2) is 18.2 Å². The van der Waals surface area contributed by atoms with Crippen LogP contribution in [0.25, 0.3) is 0 Å². The Morgan fingerprint density at radius 2 is 2.35 bits per heavy atom. The van der Waals surface area contributed by atoms with Gasteiger partial charge < -0.3 is 14.2 Å². The summed E-state index contributed by atoms with van der Waals surface area (Å²) in [5.74, 6) is 0.126. The molecule has 0 unspecified atom stereocenters. The Bertz CT molecular complexity index is 732. The Balaban J connectivity index is 1.81. The number of carbonyl (C=O) groups excluding carboxylic acids is 1. The Labute approximate surface area is 138 Å². The van der Waals surface area contributed by atoms with E-state index >= 15 is 0 Å². The number of esters is 1. The lowest BCUT2D eigenvalue weighted by molar-refractivity contribution is -0.00222. The normalized spacial score (nSPS) is 16.7. The number of rotatable bonds is 4. The molecule has 0 spiro atoms. The fourth-order valence-corrected chi connectivity index (χ4v) is 2.70. The van der Waals surface area contributed by atoms with Crippen LogP contribution in [0.3, 0.4) is 0 Å². The topological polar surface area (TPSA) is 75.5 Å². The highest BCUT2D eigenvalue weighted by molar-refractivity contribution is 6.32. The summed E-state index contributed by atoms with van der Waals surface area (Å²) in [6.07, 6.45) is -0.220. The van der Waals surface area contributed by atoms with Gasteiger partial charge in [0.25, 0.3) is 0 Å². The number of carbonyl (C=O) groups is 1. The fourth-order valence-electron chi connectivity index (χ4n) is 2.46. The van der Waals surface area contributed by atoms with Crippen LogP contribution in [0.4, 0.5) is 0 Å². The highest BCUT2D eigenvalue weighted by Gasteiger charge is 2.28. The van der Waals surface area contributed by atoms with Gasteiger partial charge in [-0.05, 0) is 24.6 Å². The molecule has 8 heteroatoms. The molecule has 3 rings (SSSR count). The van der Waals surface area contributed by atoms with Gasteiger partial charge in [0.15, 0.2) is 5.69 Å². The van der Waals surface area contributed by atoms with E-state index in [9.17, 15) is 4.79 Å². The summed E-state index contributed by atoms with van der Waals surface area (Å²) in [5, 5.41) is 8.40. The minimum atomic E-state index is -0.516. The molecule has 1 aliphatic heterocycles. The van der Waals surface area contributed by atoms with Gasteiger partial charge in [-0.25, -0.2) is 9.48 Å². The van der Waals surface area contributed by atoms with Gasteiger partial charge in [-0.3, -0.25) is 0 Å². The zero-order valence-corrected chi connectivity index (χ0v) is 13.5. The Morgan fingerprint density at radius 3 is 3.04 bits per heavy atom. The summed E-state index contributed by atoms with van der Waals surface area (Å²) in [7, 11) is 1.31. The number of ether oxygens (including phenoxy) is 3. The minimum absolute atomic E-state index is 0.190. The molecule has 1 aliphatic rings. The van der Waals surface area contributed by atoms with E-state index in [1.54, 1.807) is 4.68 Å². The van der Waals surface area contributed by atoms with E-state index in [-0.39, 0.29) is 18.4 Å². The zero-order chi connectivity index (χ0) is 16.4. The molecule has 0 saturated carbocycles. The molecule has 122 valence electrons. The lowest BCUT2D eigenvalue weighted by Gasteiger charge is -2.24. The van der Waals surface area contributed by atoms with Crippen LogP contribution in [0.2, 0.25) is 5.02 Å². The third-order valence-electron chi connectivity index (χ3n) is 3.60. The summed E-state index contributed by atoms with van der Waals surface area (Å²) in [5.41, 5.74) is 1.72. The molecule has 0 bridgehead atoms. The fraction of sp³-hybridized carbons (Fsp3) is 0.400. The van der Waals surface area contributed by atoms with Gasteiger partial charge in [0.2, 0.25) is 0 Å². The molecule has 0 fully saturated rings. The second-order valence-electron chi connectivity index (χ2n) is 4.98. The largest absolute Gasteiger partial charge is 0.492 e. The van der Waals surface area contributed by atoms with Crippen molar-refractivity contribution in [2.45, 2.75) is 26.2 Å². The summed E-state index contributed by atoms with van der Waals surface area (Å²) in [6.45, 7) is 3.13. The monoisotopic (exact) mass is 337 g/mol. The molecule has 1 aromatic heterocycles. The molecule has 1 aromatic carbocycles. The maximum absolute atomic E-state index is 11.6. The molecule has 0 aliphatic carbocycles. The Morgan fingerprint density at radius 1 is 1.52 bits per heavy atom. The average Bonchev–Trinajstić information content (AvgIpc) is 2.99. The number of methoxy groups -OCH3 is 1. The first-order valence-electron chi connectivity index (χ1n) is 7.18. The molecular weight excluding hydrogens is 322 g/mol. The minimum Gasteiger partial charge on any atom is -0.492 e. The van der Waals surface area contributed by atoms with Crippen molar-refractivity contribution in [3.63, 3.8) is 0 Å². The molecule has 0 radical (unpaired) electrons. The predicted octanol–water partition coefficient (Wildman–Crippen LogP) is 2.39. The second kappa shape index (κ2) is 6.55. The molecule has 2 heterocycles. The number of hydrogen-bond acceptors (Lipinski definition) is 6. The van der Waals surface area contributed by atoms with E-state index in [1.165, 1.54) is 7.11 Å². The van der Waals surface area contributed by atoms with Gasteiger partial charge in [0, 0.05) is 0 Å². The lowest BCUT2D eigenvalue weighted by Crippen LogP contribution is -2.23. The summed E-state index contributed by atoms with van der Waals surface area (Å²) >= 11 is 6.22. The van der Waals surface area contributed by atoms with E-state index < -0.39 is 5.97 Å². The van der Waals surface area contributed by atoms with Crippen LogP contribution in [-0.4, -0.2) is 34.7 Å². The van der Waals surface area contributed by atoms with Crippen molar-refractivity contribution in [2.75, 3.05) is 13.7 Å². The van der Waals surface area contributed by atoms with E-state index in [0.29, 0.717) is 29.6 Å². The lowest BCUT2D eigenvalue weighted by atomic mass is 10.1. The van der Waals surface area contributed by atoms with Gasteiger partial charge in [0.05, 0.1) is 37.6 Å². The molecule has 0 amide bonds. The SMILES string of the molecule is CCOc1ccc([C@H]2Cn3nnc(C(=O)OC)c3CO2)cc1Cl. The summed E-state index contributed by atoms with van der Waals surface area (Å²) in [4.78, 5) is 11.6. The van der Waals surface area contributed by atoms with Crippen molar-refractivity contribution < 1.29 is 19.0 Å². The van der Waals surface area contributed by atoms with Crippen molar-refractivity contribution in [3.05, 3.63) is 40.2 Å².